The molecule has 0 spiro atoms. The number of fused-ring (bicyclic) bond motifs is 1. The van der Waals surface area contributed by atoms with Gasteiger partial charge in [-0.2, -0.15) is 0 Å². The number of aryl methyl sites for hydroxylation is 2. The molecule has 5 heteroatoms. The van der Waals surface area contributed by atoms with Crippen molar-refractivity contribution in [2.75, 3.05) is 13.7 Å². The van der Waals surface area contributed by atoms with Crippen LogP contribution in [-0.4, -0.2) is 40.7 Å². The van der Waals surface area contributed by atoms with E-state index in [1.165, 1.54) is 27.6 Å². The Bertz CT molecular complexity index is 1020. The van der Waals surface area contributed by atoms with Gasteiger partial charge in [-0.05, 0) is 67.1 Å². The van der Waals surface area contributed by atoms with Gasteiger partial charge in [-0.1, -0.05) is 18.2 Å². The molecule has 0 aliphatic carbocycles. The minimum absolute atomic E-state index is 0.200. The fourth-order valence-electron chi connectivity index (χ4n) is 4.64. The van der Waals surface area contributed by atoms with E-state index in [2.05, 4.69) is 35.9 Å². The molecule has 5 nitrogen and oxygen atoms in total. The summed E-state index contributed by atoms with van der Waals surface area (Å²) in [4.78, 5) is 17.1. The molecule has 1 aliphatic heterocycles. The van der Waals surface area contributed by atoms with E-state index in [1.807, 2.05) is 18.3 Å². The highest BCUT2D eigenvalue weighted by molar-refractivity contribution is 5.88. The zero-order valence-corrected chi connectivity index (χ0v) is 17.2. The van der Waals surface area contributed by atoms with E-state index in [1.54, 1.807) is 19.2 Å². The Hall–Kier alpha value is -2.63. The third-order valence-corrected chi connectivity index (χ3v) is 6.28. The molecule has 1 fully saturated rings. The van der Waals surface area contributed by atoms with Crippen molar-refractivity contribution in [2.24, 2.45) is 0 Å². The molecule has 2 atom stereocenters. The summed E-state index contributed by atoms with van der Waals surface area (Å²) in [6.45, 7) is 6.14. The van der Waals surface area contributed by atoms with Crippen LogP contribution in [0.4, 0.5) is 0 Å². The fraction of sp³-hybridized carbons (Fsp3) is 0.375. The maximum absolute atomic E-state index is 11.2. The largest absolute Gasteiger partial charge is 0.478 e. The van der Waals surface area contributed by atoms with Gasteiger partial charge in [0.05, 0.1) is 11.7 Å². The number of ether oxygens (including phenoxy) is 1. The number of carboxylic acids is 1. The summed E-state index contributed by atoms with van der Waals surface area (Å²) in [7, 11) is 1.78. The first-order valence-electron chi connectivity index (χ1n) is 10.1. The predicted molar refractivity (Wildman–Crippen MR) is 114 cm³/mol. The first-order chi connectivity index (χ1) is 14.0. The molecule has 2 heterocycles. The second-order valence-electron chi connectivity index (χ2n) is 8.05. The Morgan fingerprint density at radius 2 is 1.97 bits per heavy atom. The number of benzene rings is 2. The third kappa shape index (κ3) is 3.80. The van der Waals surface area contributed by atoms with Gasteiger partial charge in [0, 0.05) is 43.3 Å². The van der Waals surface area contributed by atoms with Crippen LogP contribution in [-0.2, 0) is 11.3 Å². The average molecular weight is 392 g/mol. The summed E-state index contributed by atoms with van der Waals surface area (Å²) in [6.07, 6.45) is 4.15. The molecule has 1 aliphatic rings. The molecule has 1 aromatic heterocycles. The van der Waals surface area contributed by atoms with Crippen molar-refractivity contribution in [1.82, 2.24) is 9.88 Å². The zero-order chi connectivity index (χ0) is 20.5. The first kappa shape index (κ1) is 19.7. The first-order valence-corrected chi connectivity index (χ1v) is 10.1. The van der Waals surface area contributed by atoms with Gasteiger partial charge in [-0.3, -0.25) is 4.90 Å². The number of H-pyrrole nitrogens is 1. The van der Waals surface area contributed by atoms with E-state index in [9.17, 15) is 9.90 Å². The van der Waals surface area contributed by atoms with E-state index < -0.39 is 5.97 Å². The van der Waals surface area contributed by atoms with Crippen molar-refractivity contribution in [3.8, 4) is 0 Å². The van der Waals surface area contributed by atoms with E-state index in [0.29, 0.717) is 5.56 Å². The smallest absolute Gasteiger partial charge is 0.335 e. The Morgan fingerprint density at radius 3 is 2.66 bits per heavy atom. The molecule has 0 amide bonds. The number of methoxy groups -OCH3 is 1. The van der Waals surface area contributed by atoms with Crippen molar-refractivity contribution in [1.29, 1.82) is 0 Å². The van der Waals surface area contributed by atoms with E-state index in [0.717, 1.165) is 31.5 Å². The predicted octanol–water partition coefficient (Wildman–Crippen LogP) is 4.84. The molecule has 2 N–H and O–H groups in total. The quantitative estimate of drug-likeness (QED) is 0.652. The molecule has 0 radical (unpaired) electrons. The summed E-state index contributed by atoms with van der Waals surface area (Å²) in [5.74, 6) is -0.892. The average Bonchev–Trinajstić information content (AvgIpc) is 3.21. The van der Waals surface area contributed by atoms with Crippen LogP contribution in [0.15, 0.2) is 42.6 Å². The van der Waals surface area contributed by atoms with Crippen LogP contribution in [0.1, 0.15) is 51.5 Å². The van der Waals surface area contributed by atoms with E-state index in [4.69, 9.17) is 4.74 Å². The lowest BCUT2D eigenvalue weighted by Gasteiger charge is -2.39. The highest BCUT2D eigenvalue weighted by Crippen LogP contribution is 2.35. The topological polar surface area (TPSA) is 65.6 Å². The van der Waals surface area contributed by atoms with Crippen molar-refractivity contribution < 1.29 is 14.6 Å². The van der Waals surface area contributed by atoms with Gasteiger partial charge in [0.1, 0.15) is 0 Å². The van der Waals surface area contributed by atoms with Crippen molar-refractivity contribution in [3.63, 3.8) is 0 Å². The molecule has 0 unspecified atom stereocenters. The number of carbonyl (C=O) groups is 1. The lowest BCUT2D eigenvalue weighted by atomic mass is 9.91. The minimum atomic E-state index is -0.892. The Kier molecular flexibility index (Phi) is 5.43. The molecule has 1 saturated heterocycles. The summed E-state index contributed by atoms with van der Waals surface area (Å²) < 4.78 is 5.67. The van der Waals surface area contributed by atoms with Gasteiger partial charge in [-0.15, -0.1) is 0 Å². The van der Waals surface area contributed by atoms with Gasteiger partial charge >= 0.3 is 5.97 Å². The van der Waals surface area contributed by atoms with Gasteiger partial charge in [0.2, 0.25) is 0 Å². The zero-order valence-electron chi connectivity index (χ0n) is 17.2. The van der Waals surface area contributed by atoms with Gasteiger partial charge < -0.3 is 14.8 Å². The standard InChI is InChI=1S/C24H28N2O3/c1-15-12-16(2)23-20(8-10-25-23)21(15)14-26-11-9-19(29-3)13-22(26)17-4-6-18(7-5-17)24(27)28/h4-8,10,12,19,22,25H,9,11,13-14H2,1-3H3,(H,27,28)/t19-,22-/m0/s1. The van der Waals surface area contributed by atoms with Crippen LogP contribution in [0, 0.1) is 13.8 Å². The molecular weight excluding hydrogens is 364 g/mol. The molecular formula is C24H28N2O3. The number of nitrogens with zero attached hydrogens (tertiary/aromatic N) is 1. The molecule has 0 saturated carbocycles. The highest BCUT2D eigenvalue weighted by atomic mass is 16.5. The number of aromatic amines is 1. The molecule has 152 valence electrons. The number of hydrogen-bond donors (Lipinski definition) is 2. The maximum atomic E-state index is 11.2. The molecule has 2 aromatic carbocycles. The molecule has 4 rings (SSSR count). The molecule has 3 aromatic rings. The summed E-state index contributed by atoms with van der Waals surface area (Å²) in [6, 6.07) is 11.9. The number of piperidine rings is 1. The monoisotopic (exact) mass is 392 g/mol. The van der Waals surface area contributed by atoms with Crippen LogP contribution in [0.25, 0.3) is 10.9 Å². The maximum Gasteiger partial charge on any atom is 0.335 e. The highest BCUT2D eigenvalue weighted by Gasteiger charge is 2.30. The van der Waals surface area contributed by atoms with Gasteiger partial charge in [0.15, 0.2) is 0 Å². The number of nitrogens with one attached hydrogen (secondary N) is 1. The second kappa shape index (κ2) is 8.01. The van der Waals surface area contributed by atoms with Crippen molar-refractivity contribution in [2.45, 2.75) is 45.4 Å². The van der Waals surface area contributed by atoms with Crippen LogP contribution < -0.4 is 0 Å². The normalized spacial score (nSPS) is 20.2. The van der Waals surface area contributed by atoms with Crippen LogP contribution >= 0.6 is 0 Å². The van der Waals surface area contributed by atoms with Gasteiger partial charge in [0.25, 0.3) is 0 Å². The number of aromatic carboxylic acids is 1. The number of likely N-dealkylation sites (tertiary alicyclic amines) is 1. The number of aromatic nitrogens is 1. The van der Waals surface area contributed by atoms with Gasteiger partial charge in [-0.25, -0.2) is 4.79 Å². The molecule has 0 bridgehead atoms. The summed E-state index contributed by atoms with van der Waals surface area (Å²) >= 11 is 0. The minimum Gasteiger partial charge on any atom is -0.478 e. The Morgan fingerprint density at radius 1 is 1.21 bits per heavy atom. The second-order valence-corrected chi connectivity index (χ2v) is 8.05. The van der Waals surface area contributed by atoms with E-state index >= 15 is 0 Å². The van der Waals surface area contributed by atoms with Crippen LogP contribution in [0.5, 0.6) is 0 Å². The lowest BCUT2D eigenvalue weighted by Crippen LogP contribution is -2.39. The summed E-state index contributed by atoms with van der Waals surface area (Å²) in [5.41, 5.74) is 6.61. The van der Waals surface area contributed by atoms with Crippen LogP contribution in [0.3, 0.4) is 0 Å². The lowest BCUT2D eigenvalue weighted by molar-refractivity contribution is 0.00690. The Balaban J connectivity index is 1.68. The number of carboxylic acid groups (broad SMARTS) is 1. The third-order valence-electron chi connectivity index (χ3n) is 6.28. The number of rotatable bonds is 5. The Labute approximate surface area is 171 Å². The van der Waals surface area contributed by atoms with Crippen LogP contribution in [0.2, 0.25) is 0 Å². The number of hydrogen-bond acceptors (Lipinski definition) is 3. The van der Waals surface area contributed by atoms with E-state index in [-0.39, 0.29) is 12.1 Å². The van der Waals surface area contributed by atoms with Crippen molar-refractivity contribution in [3.05, 3.63) is 70.4 Å². The SMILES string of the molecule is CO[C@H]1CCN(Cc2c(C)cc(C)c3[nH]ccc23)[C@H](c2ccc(C(=O)O)cc2)C1. The van der Waals surface area contributed by atoms with Crippen molar-refractivity contribution >= 4 is 16.9 Å². The molecule has 29 heavy (non-hydrogen) atoms. The summed E-state index contributed by atoms with van der Waals surface area (Å²) in [5, 5.41) is 10.5. The fourth-order valence-corrected chi connectivity index (χ4v) is 4.64.